The Morgan fingerprint density at radius 3 is 2.79 bits per heavy atom. The minimum absolute atomic E-state index is 0.208. The van der Waals surface area contributed by atoms with Crippen LogP contribution in [0.4, 0.5) is 11.5 Å². The molecule has 126 valence electrons. The summed E-state index contributed by atoms with van der Waals surface area (Å²) in [6.45, 7) is 2.16. The van der Waals surface area contributed by atoms with Crippen LogP contribution in [0.2, 0.25) is 0 Å². The van der Waals surface area contributed by atoms with E-state index in [0.717, 1.165) is 24.2 Å². The number of rotatable bonds is 7. The van der Waals surface area contributed by atoms with Crippen LogP contribution >= 0.6 is 0 Å². The van der Waals surface area contributed by atoms with Crippen molar-refractivity contribution in [1.82, 2.24) is 9.97 Å². The predicted molar refractivity (Wildman–Crippen MR) is 92.5 cm³/mol. The lowest BCUT2D eigenvalue weighted by Crippen LogP contribution is -2.19. The molecule has 3 rings (SSSR count). The van der Waals surface area contributed by atoms with Crippen molar-refractivity contribution in [1.29, 1.82) is 0 Å². The Morgan fingerprint density at radius 2 is 2.12 bits per heavy atom. The van der Waals surface area contributed by atoms with Crippen LogP contribution in [0.5, 0.6) is 0 Å². The van der Waals surface area contributed by atoms with E-state index < -0.39 is 0 Å². The fourth-order valence-electron chi connectivity index (χ4n) is 2.55. The van der Waals surface area contributed by atoms with Gasteiger partial charge in [0.15, 0.2) is 5.82 Å². The SMILES string of the molecule is CCOC(=O)CC(Nc1nc(C2CC2)ncc1N)c1ccccc1. The number of aromatic nitrogens is 2. The van der Waals surface area contributed by atoms with E-state index in [2.05, 4.69) is 15.3 Å². The predicted octanol–water partition coefficient (Wildman–Crippen LogP) is 3.04. The summed E-state index contributed by atoms with van der Waals surface area (Å²) in [6.07, 6.45) is 4.08. The first-order chi connectivity index (χ1) is 11.7. The Balaban J connectivity index is 1.83. The van der Waals surface area contributed by atoms with Gasteiger partial charge in [0.25, 0.3) is 0 Å². The lowest BCUT2D eigenvalue weighted by atomic mass is 10.0. The second kappa shape index (κ2) is 7.29. The summed E-state index contributed by atoms with van der Waals surface area (Å²) in [5.74, 6) is 1.57. The normalized spacial score (nSPS) is 14.9. The van der Waals surface area contributed by atoms with Crippen LogP contribution < -0.4 is 11.1 Å². The average Bonchev–Trinajstić information content (AvgIpc) is 3.42. The number of esters is 1. The van der Waals surface area contributed by atoms with Crippen LogP contribution in [0.3, 0.4) is 0 Å². The van der Waals surface area contributed by atoms with Crippen LogP contribution in [-0.4, -0.2) is 22.5 Å². The Morgan fingerprint density at radius 1 is 1.38 bits per heavy atom. The molecule has 1 aromatic heterocycles. The Bertz CT molecular complexity index is 701. The van der Waals surface area contributed by atoms with Crippen molar-refractivity contribution < 1.29 is 9.53 Å². The maximum atomic E-state index is 12.0. The number of nitrogens with two attached hydrogens (primary N) is 1. The molecular weight excluding hydrogens is 304 g/mol. The Kier molecular flexibility index (Phi) is 4.93. The zero-order chi connectivity index (χ0) is 16.9. The molecule has 1 heterocycles. The molecule has 2 aromatic rings. The van der Waals surface area contributed by atoms with Crippen molar-refractivity contribution in [3.05, 3.63) is 47.9 Å². The number of hydrogen-bond acceptors (Lipinski definition) is 6. The van der Waals surface area contributed by atoms with E-state index in [1.165, 1.54) is 0 Å². The van der Waals surface area contributed by atoms with Crippen LogP contribution in [0.25, 0.3) is 0 Å². The second-order valence-electron chi connectivity index (χ2n) is 5.92. The number of benzene rings is 1. The number of carbonyl (C=O) groups is 1. The number of anilines is 2. The van der Waals surface area contributed by atoms with E-state index in [9.17, 15) is 4.79 Å². The lowest BCUT2D eigenvalue weighted by molar-refractivity contribution is -0.143. The number of hydrogen-bond donors (Lipinski definition) is 2. The van der Waals surface area contributed by atoms with Gasteiger partial charge in [-0.3, -0.25) is 4.79 Å². The lowest BCUT2D eigenvalue weighted by Gasteiger charge is -2.20. The van der Waals surface area contributed by atoms with Crippen LogP contribution in [0.15, 0.2) is 36.5 Å². The summed E-state index contributed by atoms with van der Waals surface area (Å²) < 4.78 is 5.09. The molecule has 1 fully saturated rings. The van der Waals surface area contributed by atoms with Gasteiger partial charge in [-0.05, 0) is 25.3 Å². The van der Waals surface area contributed by atoms with Gasteiger partial charge in [-0.2, -0.15) is 0 Å². The van der Waals surface area contributed by atoms with Gasteiger partial charge in [0.2, 0.25) is 0 Å². The first kappa shape index (κ1) is 16.2. The number of nitrogens with one attached hydrogen (secondary N) is 1. The number of nitrogen functional groups attached to an aromatic ring is 1. The third kappa shape index (κ3) is 4.01. The minimum atomic E-state index is -0.256. The summed E-state index contributed by atoms with van der Waals surface area (Å²) >= 11 is 0. The van der Waals surface area contributed by atoms with Crippen molar-refractivity contribution in [3.63, 3.8) is 0 Å². The first-order valence-electron chi connectivity index (χ1n) is 8.27. The molecule has 24 heavy (non-hydrogen) atoms. The third-order valence-electron chi connectivity index (χ3n) is 3.97. The minimum Gasteiger partial charge on any atom is -0.466 e. The van der Waals surface area contributed by atoms with Crippen molar-refractivity contribution >= 4 is 17.5 Å². The van der Waals surface area contributed by atoms with Crippen LogP contribution in [0, 0.1) is 0 Å². The smallest absolute Gasteiger partial charge is 0.308 e. The quantitative estimate of drug-likeness (QED) is 0.760. The summed E-state index contributed by atoms with van der Waals surface area (Å²) in [6, 6.07) is 9.50. The van der Waals surface area contributed by atoms with E-state index in [1.54, 1.807) is 13.1 Å². The van der Waals surface area contributed by atoms with Gasteiger partial charge in [-0.1, -0.05) is 30.3 Å². The van der Waals surface area contributed by atoms with E-state index in [4.69, 9.17) is 10.5 Å². The molecule has 0 spiro atoms. The largest absolute Gasteiger partial charge is 0.466 e. The molecule has 0 bridgehead atoms. The molecule has 1 aromatic carbocycles. The van der Waals surface area contributed by atoms with E-state index in [-0.39, 0.29) is 18.4 Å². The van der Waals surface area contributed by atoms with Gasteiger partial charge in [0.1, 0.15) is 5.82 Å². The van der Waals surface area contributed by atoms with Gasteiger partial charge < -0.3 is 15.8 Å². The third-order valence-corrected chi connectivity index (χ3v) is 3.97. The molecule has 0 saturated heterocycles. The molecule has 0 radical (unpaired) electrons. The zero-order valence-electron chi connectivity index (χ0n) is 13.7. The molecule has 1 atom stereocenters. The summed E-state index contributed by atoms with van der Waals surface area (Å²) in [4.78, 5) is 20.8. The summed E-state index contributed by atoms with van der Waals surface area (Å²) in [7, 11) is 0. The molecule has 1 aliphatic rings. The van der Waals surface area contributed by atoms with Gasteiger partial charge >= 0.3 is 5.97 Å². The Labute approximate surface area is 141 Å². The van der Waals surface area contributed by atoms with Gasteiger partial charge in [0.05, 0.1) is 31.0 Å². The highest BCUT2D eigenvalue weighted by atomic mass is 16.5. The monoisotopic (exact) mass is 326 g/mol. The van der Waals surface area contributed by atoms with E-state index in [1.807, 2.05) is 30.3 Å². The number of nitrogens with zero attached hydrogens (tertiary/aromatic N) is 2. The number of carbonyl (C=O) groups excluding carboxylic acids is 1. The van der Waals surface area contributed by atoms with E-state index in [0.29, 0.717) is 24.0 Å². The molecule has 1 unspecified atom stereocenters. The van der Waals surface area contributed by atoms with E-state index >= 15 is 0 Å². The highest BCUT2D eigenvalue weighted by Crippen LogP contribution is 2.39. The standard InChI is InChI=1S/C18H22N4O2/c1-2-24-16(23)10-15(12-6-4-3-5-7-12)21-18-14(19)11-20-17(22-18)13-8-9-13/h3-7,11,13,15H,2,8-10,19H2,1H3,(H,20,21,22). The molecule has 1 aliphatic carbocycles. The second-order valence-corrected chi connectivity index (χ2v) is 5.92. The van der Waals surface area contributed by atoms with Gasteiger partial charge in [-0.15, -0.1) is 0 Å². The molecule has 3 N–H and O–H groups in total. The Hall–Kier alpha value is -2.63. The van der Waals surface area contributed by atoms with Gasteiger partial charge in [-0.25, -0.2) is 9.97 Å². The molecule has 6 heteroatoms. The van der Waals surface area contributed by atoms with Crippen molar-refractivity contribution in [2.45, 2.75) is 38.1 Å². The van der Waals surface area contributed by atoms with Crippen molar-refractivity contribution in [2.75, 3.05) is 17.7 Å². The fraction of sp³-hybridized carbons (Fsp3) is 0.389. The highest BCUT2D eigenvalue weighted by Gasteiger charge is 2.27. The van der Waals surface area contributed by atoms with Crippen LogP contribution in [0.1, 0.15) is 49.5 Å². The molecule has 1 saturated carbocycles. The summed E-state index contributed by atoms with van der Waals surface area (Å²) in [5, 5.41) is 3.30. The van der Waals surface area contributed by atoms with Crippen LogP contribution in [-0.2, 0) is 9.53 Å². The van der Waals surface area contributed by atoms with Crippen molar-refractivity contribution in [2.24, 2.45) is 0 Å². The highest BCUT2D eigenvalue weighted by molar-refractivity contribution is 5.72. The number of ether oxygens (including phenoxy) is 1. The zero-order valence-corrected chi connectivity index (χ0v) is 13.7. The summed E-state index contributed by atoms with van der Waals surface area (Å²) in [5.41, 5.74) is 7.48. The van der Waals surface area contributed by atoms with Gasteiger partial charge in [0, 0.05) is 5.92 Å². The first-order valence-corrected chi connectivity index (χ1v) is 8.27. The molecule has 0 amide bonds. The average molecular weight is 326 g/mol. The molecule has 0 aliphatic heterocycles. The van der Waals surface area contributed by atoms with Crippen molar-refractivity contribution in [3.8, 4) is 0 Å². The molecular formula is C18H22N4O2. The fourth-order valence-corrected chi connectivity index (χ4v) is 2.55. The topological polar surface area (TPSA) is 90.1 Å². The maximum absolute atomic E-state index is 12.0. The molecule has 6 nitrogen and oxygen atoms in total. The maximum Gasteiger partial charge on any atom is 0.308 e.